The number of hydrogen-bond acceptors (Lipinski definition) is 2. The van der Waals surface area contributed by atoms with Crippen molar-refractivity contribution in [3.63, 3.8) is 0 Å². The lowest BCUT2D eigenvalue weighted by Crippen LogP contribution is -2.48. The molecule has 1 N–H and O–H groups in total. The van der Waals surface area contributed by atoms with Crippen LogP contribution in [0.5, 0.6) is 0 Å². The Morgan fingerprint density at radius 3 is 2.15 bits per heavy atom. The van der Waals surface area contributed by atoms with Crippen LogP contribution in [-0.2, 0) is 4.79 Å². The Kier molecular flexibility index (Phi) is 3.82. The van der Waals surface area contributed by atoms with Crippen molar-refractivity contribution in [1.29, 1.82) is 0 Å². The number of carboxylic acids is 1. The molecule has 1 unspecified atom stereocenters. The molecule has 20 heavy (non-hydrogen) atoms. The number of likely N-dealkylation sites (tertiary alicyclic amines) is 1. The first-order valence-corrected chi connectivity index (χ1v) is 7.12. The van der Waals surface area contributed by atoms with Crippen LogP contribution >= 0.6 is 0 Å². The highest BCUT2D eigenvalue weighted by molar-refractivity contribution is 5.76. The van der Waals surface area contributed by atoms with Gasteiger partial charge >= 0.3 is 12.1 Å². The summed E-state index contributed by atoms with van der Waals surface area (Å²) in [6, 6.07) is 0.103. The van der Waals surface area contributed by atoms with Crippen molar-refractivity contribution in [2.24, 2.45) is 10.8 Å². The zero-order chi connectivity index (χ0) is 15.2. The van der Waals surface area contributed by atoms with Crippen LogP contribution in [0.25, 0.3) is 0 Å². The van der Waals surface area contributed by atoms with E-state index < -0.39 is 24.1 Å². The van der Waals surface area contributed by atoms with E-state index in [-0.39, 0.29) is 24.4 Å². The third-order valence-electron chi connectivity index (χ3n) is 5.08. The van der Waals surface area contributed by atoms with E-state index in [1.54, 1.807) is 4.90 Å². The first kappa shape index (κ1) is 15.6. The molecule has 0 aromatic carbocycles. The van der Waals surface area contributed by atoms with Gasteiger partial charge in [0.1, 0.15) is 0 Å². The van der Waals surface area contributed by atoms with E-state index in [0.717, 1.165) is 25.7 Å². The Balaban J connectivity index is 2.07. The van der Waals surface area contributed by atoms with E-state index in [1.165, 1.54) is 0 Å². The molecule has 1 atom stereocenters. The van der Waals surface area contributed by atoms with Gasteiger partial charge in [0, 0.05) is 12.6 Å². The average molecular weight is 293 g/mol. The van der Waals surface area contributed by atoms with E-state index >= 15 is 0 Å². The lowest BCUT2D eigenvalue weighted by molar-refractivity contribution is -0.228. The second-order valence-electron chi connectivity index (χ2n) is 7.00. The summed E-state index contributed by atoms with van der Waals surface area (Å²) in [5.74, 6) is -1.73. The Hall–Kier alpha value is -0.780. The standard InChI is InChI=1S/C14H22F3NO2/c1-12(2)5-3-10(4-6-12)18-8-7-13(9-18,11(19)20)14(15,16)17/h10H,3-9H2,1-2H3,(H,19,20). The van der Waals surface area contributed by atoms with Crippen LogP contribution in [-0.4, -0.2) is 41.3 Å². The van der Waals surface area contributed by atoms with Crippen molar-refractivity contribution in [1.82, 2.24) is 4.90 Å². The van der Waals surface area contributed by atoms with Crippen LogP contribution in [0.4, 0.5) is 13.2 Å². The molecule has 1 aliphatic heterocycles. The highest BCUT2D eigenvalue weighted by Crippen LogP contribution is 2.48. The number of carboxylic acid groups (broad SMARTS) is 1. The van der Waals surface area contributed by atoms with Crippen molar-refractivity contribution >= 4 is 5.97 Å². The summed E-state index contributed by atoms with van der Waals surface area (Å²) in [5.41, 5.74) is -2.32. The summed E-state index contributed by atoms with van der Waals surface area (Å²) < 4.78 is 39.4. The Morgan fingerprint density at radius 2 is 1.75 bits per heavy atom. The highest BCUT2D eigenvalue weighted by atomic mass is 19.4. The molecule has 2 rings (SSSR count). The smallest absolute Gasteiger partial charge is 0.406 e. The van der Waals surface area contributed by atoms with Crippen molar-refractivity contribution < 1.29 is 23.1 Å². The van der Waals surface area contributed by atoms with Crippen molar-refractivity contribution in [3.8, 4) is 0 Å². The molecule has 1 saturated carbocycles. The molecule has 0 spiro atoms. The van der Waals surface area contributed by atoms with Gasteiger partial charge in [0.05, 0.1) is 0 Å². The zero-order valence-corrected chi connectivity index (χ0v) is 12.0. The van der Waals surface area contributed by atoms with Gasteiger partial charge in [-0.2, -0.15) is 13.2 Å². The molecule has 0 aromatic heterocycles. The van der Waals surface area contributed by atoms with Gasteiger partial charge in [0.15, 0.2) is 5.41 Å². The van der Waals surface area contributed by atoms with Crippen LogP contribution < -0.4 is 0 Å². The molecule has 1 saturated heterocycles. The number of hydrogen-bond donors (Lipinski definition) is 1. The molecule has 2 fully saturated rings. The van der Waals surface area contributed by atoms with E-state index in [4.69, 9.17) is 5.11 Å². The van der Waals surface area contributed by atoms with Crippen LogP contribution in [0.15, 0.2) is 0 Å². The minimum atomic E-state index is -4.68. The molecule has 0 amide bonds. The maximum Gasteiger partial charge on any atom is 0.406 e. The maximum atomic E-state index is 13.1. The Labute approximate surface area is 117 Å². The quantitative estimate of drug-likeness (QED) is 0.849. The minimum absolute atomic E-state index is 0.103. The van der Waals surface area contributed by atoms with Crippen molar-refractivity contribution in [2.45, 2.75) is 58.2 Å². The van der Waals surface area contributed by atoms with E-state index in [2.05, 4.69) is 13.8 Å². The third-order valence-corrected chi connectivity index (χ3v) is 5.08. The number of carbonyl (C=O) groups is 1. The van der Waals surface area contributed by atoms with E-state index in [9.17, 15) is 18.0 Å². The molecule has 2 aliphatic rings. The van der Waals surface area contributed by atoms with Crippen LogP contribution in [0, 0.1) is 10.8 Å². The van der Waals surface area contributed by atoms with Crippen molar-refractivity contribution in [2.75, 3.05) is 13.1 Å². The number of nitrogens with zero attached hydrogens (tertiary/aromatic N) is 1. The topological polar surface area (TPSA) is 40.5 Å². The summed E-state index contributed by atoms with van der Waals surface area (Å²) in [4.78, 5) is 12.9. The zero-order valence-electron chi connectivity index (χ0n) is 12.0. The fourth-order valence-corrected chi connectivity index (χ4v) is 3.43. The monoisotopic (exact) mass is 293 g/mol. The van der Waals surface area contributed by atoms with Gasteiger partial charge in [-0.25, -0.2) is 0 Å². The first-order chi connectivity index (χ1) is 9.07. The summed E-state index contributed by atoms with van der Waals surface area (Å²) in [5, 5.41) is 9.05. The highest BCUT2D eigenvalue weighted by Gasteiger charge is 2.64. The number of halogens is 3. The molecule has 6 heteroatoms. The fourth-order valence-electron chi connectivity index (χ4n) is 3.43. The normalized spacial score (nSPS) is 32.5. The van der Waals surface area contributed by atoms with Gasteiger partial charge in [-0.1, -0.05) is 13.8 Å². The predicted octanol–water partition coefficient (Wildman–Crippen LogP) is 3.29. The lowest BCUT2D eigenvalue weighted by atomic mass is 9.75. The summed E-state index contributed by atoms with van der Waals surface area (Å²) in [7, 11) is 0. The van der Waals surface area contributed by atoms with Crippen LogP contribution in [0.1, 0.15) is 46.0 Å². The molecule has 0 bridgehead atoms. The fraction of sp³-hybridized carbons (Fsp3) is 0.929. The van der Waals surface area contributed by atoms with E-state index in [0.29, 0.717) is 0 Å². The maximum absolute atomic E-state index is 13.1. The van der Waals surface area contributed by atoms with Gasteiger partial charge in [-0.05, 0) is 44.1 Å². The summed E-state index contributed by atoms with van der Waals surface area (Å²) in [6.07, 6.45) is -1.31. The van der Waals surface area contributed by atoms with Gasteiger partial charge < -0.3 is 5.11 Å². The second kappa shape index (κ2) is 4.90. The molecular weight excluding hydrogens is 271 g/mol. The predicted molar refractivity (Wildman–Crippen MR) is 68.4 cm³/mol. The molecule has 0 radical (unpaired) electrons. The molecule has 0 aromatic rings. The van der Waals surface area contributed by atoms with Crippen LogP contribution in [0.2, 0.25) is 0 Å². The van der Waals surface area contributed by atoms with Crippen molar-refractivity contribution in [3.05, 3.63) is 0 Å². The SMILES string of the molecule is CC1(C)CCC(N2CCC(C(=O)O)(C(F)(F)F)C2)CC1. The Bertz CT molecular complexity index is 384. The van der Waals surface area contributed by atoms with Crippen LogP contribution in [0.3, 0.4) is 0 Å². The first-order valence-electron chi connectivity index (χ1n) is 7.12. The number of alkyl halides is 3. The van der Waals surface area contributed by atoms with Gasteiger partial charge in [-0.3, -0.25) is 9.69 Å². The average Bonchev–Trinajstić information content (AvgIpc) is 2.74. The summed E-state index contributed by atoms with van der Waals surface area (Å²) >= 11 is 0. The molecule has 1 heterocycles. The second-order valence-corrected chi connectivity index (χ2v) is 7.00. The van der Waals surface area contributed by atoms with Gasteiger partial charge in [0.25, 0.3) is 0 Å². The lowest BCUT2D eigenvalue weighted by Gasteiger charge is -2.39. The largest absolute Gasteiger partial charge is 0.481 e. The summed E-state index contributed by atoms with van der Waals surface area (Å²) in [6.45, 7) is 4.18. The molecule has 1 aliphatic carbocycles. The molecule has 3 nitrogen and oxygen atoms in total. The Morgan fingerprint density at radius 1 is 1.20 bits per heavy atom. The molecule has 116 valence electrons. The van der Waals surface area contributed by atoms with Gasteiger partial charge in [0.2, 0.25) is 0 Å². The van der Waals surface area contributed by atoms with Gasteiger partial charge in [-0.15, -0.1) is 0 Å². The molecular formula is C14H22F3NO2. The van der Waals surface area contributed by atoms with E-state index in [1.807, 2.05) is 0 Å². The number of aliphatic carboxylic acids is 1. The minimum Gasteiger partial charge on any atom is -0.481 e. The third kappa shape index (κ3) is 2.67. The number of rotatable bonds is 2.